The Balaban J connectivity index is 1.50. The Kier molecular flexibility index (Phi) is 7.98. The number of esters is 1. The number of carbonyl (C=O) groups is 4. The SMILES string of the molecule is CCc1cccc(CC)c1NC(=O)COC(=O)[C@H](Cc1ccccc1)N1C(=O)[C@H]2CC=CC[C@H]2C1=O. The maximum absolute atomic E-state index is 13.3. The number of imide groups is 1. The van der Waals surface area contributed by atoms with E-state index in [4.69, 9.17) is 4.74 Å². The van der Waals surface area contributed by atoms with E-state index in [1.165, 1.54) is 0 Å². The predicted molar refractivity (Wildman–Crippen MR) is 136 cm³/mol. The van der Waals surface area contributed by atoms with Gasteiger partial charge in [-0.1, -0.05) is 74.5 Å². The van der Waals surface area contributed by atoms with E-state index < -0.39 is 36.4 Å². The fourth-order valence-electron chi connectivity index (χ4n) is 5.06. The van der Waals surface area contributed by atoms with Gasteiger partial charge in [0.25, 0.3) is 5.91 Å². The first-order valence-electron chi connectivity index (χ1n) is 12.6. The molecular formula is C29H32N2O5. The summed E-state index contributed by atoms with van der Waals surface area (Å²) in [5.74, 6) is -2.82. The van der Waals surface area contributed by atoms with Gasteiger partial charge in [-0.25, -0.2) is 4.79 Å². The average molecular weight is 489 g/mol. The van der Waals surface area contributed by atoms with Gasteiger partial charge in [0, 0.05) is 12.1 Å². The van der Waals surface area contributed by atoms with Crippen LogP contribution in [0.4, 0.5) is 5.69 Å². The number of rotatable bonds is 9. The second-order valence-electron chi connectivity index (χ2n) is 9.22. The van der Waals surface area contributed by atoms with Crippen molar-refractivity contribution in [3.05, 3.63) is 77.4 Å². The van der Waals surface area contributed by atoms with Crippen LogP contribution in [0.15, 0.2) is 60.7 Å². The van der Waals surface area contributed by atoms with Crippen molar-refractivity contribution >= 4 is 29.4 Å². The van der Waals surface area contributed by atoms with Crippen LogP contribution >= 0.6 is 0 Å². The molecule has 1 N–H and O–H groups in total. The molecule has 2 aromatic rings. The van der Waals surface area contributed by atoms with E-state index in [1.54, 1.807) is 0 Å². The summed E-state index contributed by atoms with van der Waals surface area (Å²) in [5, 5.41) is 2.88. The van der Waals surface area contributed by atoms with Crippen molar-refractivity contribution in [2.45, 2.75) is 52.0 Å². The van der Waals surface area contributed by atoms with Crippen LogP contribution in [0.2, 0.25) is 0 Å². The van der Waals surface area contributed by atoms with Gasteiger partial charge in [-0.2, -0.15) is 0 Å². The van der Waals surface area contributed by atoms with Crippen molar-refractivity contribution in [3.63, 3.8) is 0 Å². The lowest BCUT2D eigenvalue weighted by atomic mass is 9.85. The number of hydrogen-bond acceptors (Lipinski definition) is 5. The number of amides is 3. The molecule has 1 aliphatic heterocycles. The van der Waals surface area contributed by atoms with Gasteiger partial charge in [0.15, 0.2) is 6.61 Å². The third-order valence-electron chi connectivity index (χ3n) is 7.01. The third-order valence-corrected chi connectivity index (χ3v) is 7.01. The second kappa shape index (κ2) is 11.3. The van der Waals surface area contributed by atoms with Crippen molar-refractivity contribution in [2.75, 3.05) is 11.9 Å². The van der Waals surface area contributed by atoms with Crippen molar-refractivity contribution in [2.24, 2.45) is 11.8 Å². The predicted octanol–water partition coefficient (Wildman–Crippen LogP) is 3.86. The van der Waals surface area contributed by atoms with Crippen molar-refractivity contribution in [1.82, 2.24) is 4.90 Å². The van der Waals surface area contributed by atoms with Gasteiger partial charge in [-0.15, -0.1) is 0 Å². The number of ether oxygens (including phenoxy) is 1. The Hall–Kier alpha value is -3.74. The molecule has 3 amide bonds. The van der Waals surface area contributed by atoms with Crippen LogP contribution in [0.1, 0.15) is 43.4 Å². The van der Waals surface area contributed by atoms with Gasteiger partial charge in [-0.3, -0.25) is 19.3 Å². The van der Waals surface area contributed by atoms with Gasteiger partial charge in [0.2, 0.25) is 11.8 Å². The molecule has 1 fully saturated rings. The summed E-state index contributed by atoms with van der Waals surface area (Å²) in [4.78, 5) is 53.5. The number of nitrogens with one attached hydrogen (secondary N) is 1. The minimum Gasteiger partial charge on any atom is -0.454 e. The number of benzene rings is 2. The Morgan fingerprint density at radius 3 is 2.06 bits per heavy atom. The first kappa shape index (κ1) is 25.4. The number of anilines is 1. The molecule has 36 heavy (non-hydrogen) atoms. The molecule has 4 rings (SSSR count). The number of aryl methyl sites for hydroxylation is 2. The van der Waals surface area contributed by atoms with E-state index in [1.807, 2.05) is 74.5 Å². The first-order valence-corrected chi connectivity index (χ1v) is 12.6. The molecule has 0 bridgehead atoms. The molecule has 2 aromatic carbocycles. The van der Waals surface area contributed by atoms with E-state index in [9.17, 15) is 19.2 Å². The number of carbonyl (C=O) groups excluding carboxylic acids is 4. The molecule has 0 unspecified atom stereocenters. The standard InChI is InChI=1S/C29H32N2O5/c1-3-20-13-10-14-21(4-2)26(20)30-25(32)18-36-29(35)24(17-19-11-6-5-7-12-19)31-27(33)22-15-8-9-16-23(22)28(31)34/h5-14,22-24H,3-4,15-18H2,1-2H3,(H,30,32)/t22-,23+,24-/m0/s1. The van der Waals surface area contributed by atoms with Crippen LogP contribution in [0, 0.1) is 11.8 Å². The van der Waals surface area contributed by atoms with E-state index in [2.05, 4.69) is 5.32 Å². The molecule has 0 radical (unpaired) electrons. The summed E-state index contributed by atoms with van der Waals surface area (Å²) < 4.78 is 5.41. The monoisotopic (exact) mass is 488 g/mol. The molecule has 1 heterocycles. The largest absolute Gasteiger partial charge is 0.454 e. The lowest BCUT2D eigenvalue weighted by Crippen LogP contribution is -2.48. The summed E-state index contributed by atoms with van der Waals surface area (Å²) in [6.07, 6.45) is 6.41. The molecule has 7 heteroatoms. The molecule has 0 aromatic heterocycles. The lowest BCUT2D eigenvalue weighted by Gasteiger charge is -2.25. The van der Waals surface area contributed by atoms with Crippen LogP contribution in [-0.2, 0) is 43.2 Å². The highest BCUT2D eigenvalue weighted by molar-refractivity contribution is 6.08. The summed E-state index contributed by atoms with van der Waals surface area (Å²) in [6.45, 7) is 3.52. The van der Waals surface area contributed by atoms with Crippen LogP contribution in [0.3, 0.4) is 0 Å². The molecule has 0 spiro atoms. The lowest BCUT2D eigenvalue weighted by molar-refractivity contribution is -0.160. The Bertz CT molecular complexity index is 1130. The summed E-state index contributed by atoms with van der Waals surface area (Å²) >= 11 is 0. The van der Waals surface area contributed by atoms with E-state index in [0.717, 1.165) is 40.1 Å². The average Bonchev–Trinajstić information content (AvgIpc) is 3.16. The summed E-state index contributed by atoms with van der Waals surface area (Å²) in [7, 11) is 0. The minimum atomic E-state index is -1.13. The van der Waals surface area contributed by atoms with Crippen molar-refractivity contribution < 1.29 is 23.9 Å². The maximum atomic E-state index is 13.3. The van der Waals surface area contributed by atoms with Crippen LogP contribution in [0.25, 0.3) is 0 Å². The van der Waals surface area contributed by atoms with E-state index in [0.29, 0.717) is 12.8 Å². The van der Waals surface area contributed by atoms with Gasteiger partial charge in [0.1, 0.15) is 6.04 Å². The third kappa shape index (κ3) is 5.25. The van der Waals surface area contributed by atoms with Crippen LogP contribution in [0.5, 0.6) is 0 Å². The number of allylic oxidation sites excluding steroid dienone is 2. The topological polar surface area (TPSA) is 92.8 Å². The summed E-state index contributed by atoms with van der Waals surface area (Å²) in [5.41, 5.74) is 3.54. The molecule has 1 aliphatic carbocycles. The number of para-hydroxylation sites is 1. The number of fused-ring (bicyclic) bond motifs is 1. The highest BCUT2D eigenvalue weighted by atomic mass is 16.5. The molecular weight excluding hydrogens is 456 g/mol. The smallest absolute Gasteiger partial charge is 0.330 e. The van der Waals surface area contributed by atoms with Gasteiger partial charge in [0.05, 0.1) is 11.8 Å². The van der Waals surface area contributed by atoms with E-state index in [-0.39, 0.29) is 18.2 Å². The molecule has 2 aliphatic rings. The molecule has 188 valence electrons. The Morgan fingerprint density at radius 1 is 0.917 bits per heavy atom. The first-order chi connectivity index (χ1) is 17.4. The highest BCUT2D eigenvalue weighted by Gasteiger charge is 2.51. The molecule has 1 saturated heterocycles. The molecule has 3 atom stereocenters. The maximum Gasteiger partial charge on any atom is 0.330 e. The zero-order chi connectivity index (χ0) is 25.7. The van der Waals surface area contributed by atoms with Crippen molar-refractivity contribution in [3.8, 4) is 0 Å². The normalized spacial score (nSPS) is 19.7. The van der Waals surface area contributed by atoms with Crippen molar-refractivity contribution in [1.29, 1.82) is 0 Å². The minimum absolute atomic E-state index is 0.129. The zero-order valence-corrected chi connectivity index (χ0v) is 20.7. The Morgan fingerprint density at radius 2 is 1.50 bits per heavy atom. The quantitative estimate of drug-likeness (QED) is 0.329. The second-order valence-corrected chi connectivity index (χ2v) is 9.22. The van der Waals surface area contributed by atoms with Crippen LogP contribution in [-0.4, -0.2) is 41.2 Å². The number of likely N-dealkylation sites (tertiary alicyclic amines) is 1. The van der Waals surface area contributed by atoms with Gasteiger partial charge in [-0.05, 0) is 42.4 Å². The zero-order valence-electron chi connectivity index (χ0n) is 20.7. The van der Waals surface area contributed by atoms with Gasteiger partial charge < -0.3 is 10.1 Å². The summed E-state index contributed by atoms with van der Waals surface area (Å²) in [6, 6.07) is 13.9. The van der Waals surface area contributed by atoms with Gasteiger partial charge >= 0.3 is 5.97 Å². The number of hydrogen-bond donors (Lipinski definition) is 1. The number of nitrogens with zero attached hydrogens (tertiary/aromatic N) is 1. The fraction of sp³-hybridized carbons (Fsp3) is 0.379. The van der Waals surface area contributed by atoms with Crippen LogP contribution < -0.4 is 5.32 Å². The Labute approximate surface area is 211 Å². The molecule has 0 saturated carbocycles. The fourth-order valence-corrected chi connectivity index (χ4v) is 5.06. The van der Waals surface area contributed by atoms with E-state index >= 15 is 0 Å². The molecule has 7 nitrogen and oxygen atoms in total. The highest BCUT2D eigenvalue weighted by Crippen LogP contribution is 2.36.